The fourth-order valence-corrected chi connectivity index (χ4v) is 2.53. The molecular weight excluding hydrogens is 184 g/mol. The first-order valence-electron chi connectivity index (χ1n) is 6.72. The highest BCUT2D eigenvalue weighted by Gasteiger charge is 2.17. The molecule has 1 aliphatic rings. The van der Waals surface area contributed by atoms with Gasteiger partial charge in [0.2, 0.25) is 0 Å². The Balaban J connectivity index is 2.04. The van der Waals surface area contributed by atoms with Gasteiger partial charge in [-0.2, -0.15) is 0 Å². The van der Waals surface area contributed by atoms with Gasteiger partial charge in [-0.15, -0.1) is 0 Å². The van der Waals surface area contributed by atoms with Crippen molar-refractivity contribution >= 4 is 0 Å². The second kappa shape index (κ2) is 7.24. The summed E-state index contributed by atoms with van der Waals surface area (Å²) in [5.74, 6) is 0.931. The quantitative estimate of drug-likeness (QED) is 0.697. The van der Waals surface area contributed by atoms with Crippen LogP contribution in [0.1, 0.15) is 46.5 Å². The Hall–Kier alpha value is -0.0800. The molecule has 1 heterocycles. The van der Waals surface area contributed by atoms with Crippen molar-refractivity contribution in [1.82, 2.24) is 10.2 Å². The summed E-state index contributed by atoms with van der Waals surface area (Å²) in [6.45, 7) is 11.9. The Morgan fingerprint density at radius 1 is 1.40 bits per heavy atom. The van der Waals surface area contributed by atoms with Crippen molar-refractivity contribution in [2.75, 3.05) is 26.2 Å². The molecule has 90 valence electrons. The predicted octanol–water partition coefficient (Wildman–Crippen LogP) is 2.50. The molecule has 0 spiro atoms. The summed E-state index contributed by atoms with van der Waals surface area (Å²) in [4.78, 5) is 2.63. The van der Waals surface area contributed by atoms with Crippen LogP contribution in [0.4, 0.5) is 0 Å². The monoisotopic (exact) mass is 212 g/mol. The Labute approximate surface area is 95.4 Å². The van der Waals surface area contributed by atoms with E-state index in [0.29, 0.717) is 0 Å². The van der Waals surface area contributed by atoms with Crippen LogP contribution in [0.5, 0.6) is 0 Å². The lowest BCUT2D eigenvalue weighted by molar-refractivity contribution is 0.309. The minimum absolute atomic E-state index is 0.745. The van der Waals surface area contributed by atoms with Gasteiger partial charge in [-0.25, -0.2) is 0 Å². The van der Waals surface area contributed by atoms with Crippen LogP contribution in [0.25, 0.3) is 0 Å². The van der Waals surface area contributed by atoms with Gasteiger partial charge < -0.3 is 10.2 Å². The van der Waals surface area contributed by atoms with Crippen molar-refractivity contribution in [3.63, 3.8) is 0 Å². The maximum atomic E-state index is 3.55. The first-order valence-corrected chi connectivity index (χ1v) is 6.72. The molecule has 2 nitrogen and oxygen atoms in total. The number of nitrogens with zero attached hydrogens (tertiary/aromatic N) is 1. The minimum atomic E-state index is 0.745. The van der Waals surface area contributed by atoms with Gasteiger partial charge in [0, 0.05) is 12.6 Å². The van der Waals surface area contributed by atoms with Gasteiger partial charge >= 0.3 is 0 Å². The molecule has 1 aliphatic heterocycles. The zero-order chi connectivity index (χ0) is 11.1. The normalized spacial score (nSPS) is 24.6. The molecule has 0 aliphatic carbocycles. The lowest BCUT2D eigenvalue weighted by Crippen LogP contribution is -2.29. The number of rotatable bonds is 7. The molecule has 0 aromatic rings. The Morgan fingerprint density at radius 3 is 2.73 bits per heavy atom. The highest BCUT2D eigenvalue weighted by Crippen LogP contribution is 2.15. The van der Waals surface area contributed by atoms with Crippen molar-refractivity contribution in [2.45, 2.75) is 52.5 Å². The summed E-state index contributed by atoms with van der Waals surface area (Å²) in [5, 5.41) is 3.55. The number of nitrogens with one attached hydrogen (secondary N) is 1. The molecule has 0 amide bonds. The van der Waals surface area contributed by atoms with E-state index in [2.05, 4.69) is 31.0 Å². The zero-order valence-electron chi connectivity index (χ0n) is 10.8. The first-order chi connectivity index (χ1) is 7.26. The van der Waals surface area contributed by atoms with Crippen LogP contribution in [0.3, 0.4) is 0 Å². The van der Waals surface area contributed by atoms with Crippen molar-refractivity contribution in [2.24, 2.45) is 5.92 Å². The van der Waals surface area contributed by atoms with E-state index in [4.69, 9.17) is 0 Å². The molecule has 0 aromatic carbocycles. The molecule has 1 fully saturated rings. The fourth-order valence-electron chi connectivity index (χ4n) is 2.53. The third-order valence-corrected chi connectivity index (χ3v) is 3.52. The molecule has 1 saturated heterocycles. The maximum Gasteiger partial charge on any atom is 0.00647 e. The second-order valence-electron chi connectivity index (χ2n) is 5.00. The van der Waals surface area contributed by atoms with E-state index < -0.39 is 0 Å². The third-order valence-electron chi connectivity index (χ3n) is 3.52. The van der Waals surface area contributed by atoms with Crippen LogP contribution < -0.4 is 5.32 Å². The minimum Gasteiger partial charge on any atom is -0.314 e. The lowest BCUT2D eigenvalue weighted by Gasteiger charge is -2.19. The van der Waals surface area contributed by atoms with E-state index >= 15 is 0 Å². The van der Waals surface area contributed by atoms with Crippen LogP contribution >= 0.6 is 0 Å². The highest BCUT2D eigenvalue weighted by atomic mass is 15.1. The Kier molecular flexibility index (Phi) is 6.26. The van der Waals surface area contributed by atoms with Crippen molar-refractivity contribution in [1.29, 1.82) is 0 Å². The summed E-state index contributed by atoms with van der Waals surface area (Å²) in [5.41, 5.74) is 0. The molecule has 15 heavy (non-hydrogen) atoms. The summed E-state index contributed by atoms with van der Waals surface area (Å²) in [6, 6.07) is 0.745. The highest BCUT2D eigenvalue weighted by molar-refractivity contribution is 4.73. The molecule has 1 rings (SSSR count). The van der Waals surface area contributed by atoms with E-state index in [-0.39, 0.29) is 0 Å². The molecule has 1 N–H and O–H groups in total. The van der Waals surface area contributed by atoms with Crippen LogP contribution in [-0.2, 0) is 0 Å². The number of likely N-dealkylation sites (tertiary alicyclic amines) is 1. The van der Waals surface area contributed by atoms with E-state index in [0.717, 1.165) is 18.5 Å². The summed E-state index contributed by atoms with van der Waals surface area (Å²) in [7, 11) is 0. The number of hydrogen-bond donors (Lipinski definition) is 1. The van der Waals surface area contributed by atoms with Crippen molar-refractivity contribution in [3.8, 4) is 0 Å². The molecule has 0 bridgehead atoms. The Bertz CT molecular complexity index is 155. The summed E-state index contributed by atoms with van der Waals surface area (Å²) in [6.07, 6.45) is 5.38. The smallest absolute Gasteiger partial charge is 0.00647 e. The molecule has 0 aromatic heterocycles. The van der Waals surface area contributed by atoms with E-state index in [1.807, 2.05) is 0 Å². The van der Waals surface area contributed by atoms with Gasteiger partial charge in [-0.1, -0.05) is 20.8 Å². The van der Waals surface area contributed by atoms with Gasteiger partial charge in [0.25, 0.3) is 0 Å². The largest absolute Gasteiger partial charge is 0.314 e. The molecule has 0 radical (unpaired) electrons. The molecule has 2 unspecified atom stereocenters. The van der Waals surface area contributed by atoms with E-state index in [1.165, 1.54) is 45.3 Å². The molecule has 0 saturated carbocycles. The number of hydrogen-bond acceptors (Lipinski definition) is 2. The average Bonchev–Trinajstić information content (AvgIpc) is 2.63. The average molecular weight is 212 g/mol. The summed E-state index contributed by atoms with van der Waals surface area (Å²) < 4.78 is 0. The van der Waals surface area contributed by atoms with Crippen LogP contribution in [0, 0.1) is 5.92 Å². The van der Waals surface area contributed by atoms with E-state index in [1.54, 1.807) is 0 Å². The molecular formula is C13H28N2. The summed E-state index contributed by atoms with van der Waals surface area (Å²) >= 11 is 0. The standard InChI is InChI=1S/C13H28N2/c1-4-13(14-5-2)7-6-9-15-10-8-12(3)11-15/h12-14H,4-11H2,1-3H3. The van der Waals surface area contributed by atoms with Gasteiger partial charge in [-0.3, -0.25) is 0 Å². The first kappa shape index (κ1) is 13.0. The predicted molar refractivity (Wildman–Crippen MR) is 67.2 cm³/mol. The van der Waals surface area contributed by atoms with Gasteiger partial charge in [0.15, 0.2) is 0 Å². The van der Waals surface area contributed by atoms with Crippen LogP contribution in [0.2, 0.25) is 0 Å². The maximum absolute atomic E-state index is 3.55. The fraction of sp³-hybridized carbons (Fsp3) is 1.00. The van der Waals surface area contributed by atoms with Crippen LogP contribution in [0.15, 0.2) is 0 Å². The topological polar surface area (TPSA) is 15.3 Å². The second-order valence-corrected chi connectivity index (χ2v) is 5.00. The molecule has 2 atom stereocenters. The van der Waals surface area contributed by atoms with Crippen LogP contribution in [-0.4, -0.2) is 37.1 Å². The SMILES string of the molecule is CCNC(CC)CCCN1CCC(C)C1. The molecule has 2 heteroatoms. The van der Waals surface area contributed by atoms with Gasteiger partial charge in [0.1, 0.15) is 0 Å². The van der Waals surface area contributed by atoms with Crippen molar-refractivity contribution in [3.05, 3.63) is 0 Å². The third kappa shape index (κ3) is 4.98. The van der Waals surface area contributed by atoms with Gasteiger partial charge in [0.05, 0.1) is 0 Å². The Morgan fingerprint density at radius 2 is 2.20 bits per heavy atom. The van der Waals surface area contributed by atoms with Gasteiger partial charge in [-0.05, 0) is 51.2 Å². The zero-order valence-corrected chi connectivity index (χ0v) is 10.8. The van der Waals surface area contributed by atoms with E-state index in [9.17, 15) is 0 Å². The lowest BCUT2D eigenvalue weighted by atomic mass is 10.1. The van der Waals surface area contributed by atoms with Crippen molar-refractivity contribution < 1.29 is 0 Å².